The Bertz CT molecular complexity index is 1080. The predicted octanol–water partition coefficient (Wildman–Crippen LogP) is 2.76. The molecule has 11 heteroatoms. The van der Waals surface area contributed by atoms with E-state index in [4.69, 9.17) is 28.6 Å². The van der Waals surface area contributed by atoms with Crippen molar-refractivity contribution in [1.82, 2.24) is 4.98 Å². The van der Waals surface area contributed by atoms with Gasteiger partial charge in [0, 0.05) is 16.8 Å². The van der Waals surface area contributed by atoms with Gasteiger partial charge in [-0.15, -0.1) is 0 Å². The number of aromatic hydroxyl groups is 1. The van der Waals surface area contributed by atoms with Crippen LogP contribution < -0.4 is 14.8 Å². The second-order valence-electron chi connectivity index (χ2n) is 6.97. The summed E-state index contributed by atoms with van der Waals surface area (Å²) in [5.74, 6) is 0.719. The molecule has 0 unspecified atom stereocenters. The molecule has 0 fully saturated rings. The highest BCUT2D eigenvalue weighted by Gasteiger charge is 2.33. The summed E-state index contributed by atoms with van der Waals surface area (Å²) in [4.78, 5) is 43.1. The molecule has 0 amide bonds. The molecule has 3 rings (SSSR count). The number of phenols is 1. The van der Waals surface area contributed by atoms with Crippen LogP contribution >= 0.6 is 7.94 Å². The Morgan fingerprint density at radius 3 is 2.19 bits per heavy atom. The Morgan fingerprint density at radius 2 is 1.66 bits per heavy atom. The molecule has 1 heterocycles. The molecule has 0 bridgehead atoms. The van der Waals surface area contributed by atoms with E-state index >= 15 is 0 Å². The quantitative estimate of drug-likeness (QED) is 0.299. The fraction of sp³-hybridized carbons (Fsp3) is 0.238. The van der Waals surface area contributed by atoms with Gasteiger partial charge in [0.25, 0.3) is 0 Å². The zero-order valence-corrected chi connectivity index (χ0v) is 18.6. The summed E-state index contributed by atoms with van der Waals surface area (Å²) in [6, 6.07) is 10.3. The van der Waals surface area contributed by atoms with E-state index in [0.717, 1.165) is 5.56 Å². The number of oxazole rings is 1. The Kier molecular flexibility index (Phi) is 7.00. The summed E-state index contributed by atoms with van der Waals surface area (Å²) in [6.07, 6.45) is -0.689. The highest BCUT2D eigenvalue weighted by molar-refractivity contribution is 7.59. The number of ether oxygens (including phenoxy) is 2. The Hall–Kier alpha value is -3.17. The summed E-state index contributed by atoms with van der Waals surface area (Å²) in [7, 11) is -1.25. The average Bonchev–Trinajstić information content (AvgIpc) is 3.13. The molecule has 0 aliphatic carbocycles. The van der Waals surface area contributed by atoms with Crippen molar-refractivity contribution in [3.63, 3.8) is 0 Å². The van der Waals surface area contributed by atoms with E-state index in [2.05, 4.69) is 10.3 Å². The average molecular weight is 463 g/mol. The summed E-state index contributed by atoms with van der Waals surface area (Å²) in [5.41, 5.74) is 2.59. The Morgan fingerprint density at radius 1 is 1.06 bits per heavy atom. The van der Waals surface area contributed by atoms with E-state index < -0.39 is 19.9 Å². The van der Waals surface area contributed by atoms with Crippen LogP contribution in [0.4, 0.5) is 5.69 Å². The van der Waals surface area contributed by atoms with E-state index in [9.17, 15) is 9.90 Å². The van der Waals surface area contributed by atoms with E-state index in [1.54, 1.807) is 43.3 Å². The van der Waals surface area contributed by atoms with Crippen LogP contribution in [0.25, 0.3) is 22.7 Å². The number of aryl methyl sites for hydroxylation is 1. The van der Waals surface area contributed by atoms with Crippen molar-refractivity contribution in [2.24, 2.45) is 0 Å². The van der Waals surface area contributed by atoms with Gasteiger partial charge in [0.05, 0.1) is 20.8 Å². The van der Waals surface area contributed by atoms with Gasteiger partial charge in [-0.05, 0) is 31.2 Å². The summed E-state index contributed by atoms with van der Waals surface area (Å²) in [5, 5.41) is 13.0. The number of rotatable bonds is 9. The van der Waals surface area contributed by atoms with Crippen molar-refractivity contribution in [3.05, 3.63) is 42.2 Å². The largest absolute Gasteiger partial charge is 0.502 e. The third-order valence-electron chi connectivity index (χ3n) is 4.56. The third-order valence-corrected chi connectivity index (χ3v) is 5.34. The van der Waals surface area contributed by atoms with E-state index in [1.807, 2.05) is 0 Å². The number of nitrogens with one attached hydrogen (secondary N) is 1. The first kappa shape index (κ1) is 23.5. The second kappa shape index (κ2) is 9.54. The lowest BCUT2D eigenvalue weighted by molar-refractivity contribution is -0.115. The smallest absolute Gasteiger partial charge is 0.411 e. The molecule has 1 aromatic heterocycles. The lowest BCUT2D eigenvalue weighted by Gasteiger charge is -2.09. The normalized spacial score (nSPS) is 11.3. The van der Waals surface area contributed by atoms with E-state index in [0.29, 0.717) is 28.6 Å². The summed E-state index contributed by atoms with van der Waals surface area (Å²) in [6.45, 7) is 1.63. The van der Waals surface area contributed by atoms with Crippen molar-refractivity contribution in [2.45, 2.75) is 6.92 Å². The molecule has 32 heavy (non-hydrogen) atoms. The van der Waals surface area contributed by atoms with Crippen LogP contribution in [-0.2, 0) is 4.79 Å². The number of aromatic nitrogens is 1. The molecule has 0 spiro atoms. The second-order valence-corrected chi connectivity index (χ2v) is 8.67. The number of hydrogen-bond donors (Lipinski definition) is 5. The predicted molar refractivity (Wildman–Crippen MR) is 119 cm³/mol. The van der Waals surface area contributed by atoms with Crippen LogP contribution in [0.5, 0.6) is 17.2 Å². The first-order valence-corrected chi connectivity index (χ1v) is 11.3. The molecular weight excluding hydrogens is 439 g/mol. The molecule has 170 valence electrons. The standard InChI is InChI=1S/C21H23N2O8P/c1-12-19(13-4-6-15(7-5-13)22-10-16(24)11-32(26,27)28)23-21(31-12)14-8-17(29-2)20(25)18(9-14)30-3/h4-9,22,26-28H,10-11H2,1-3H3/p+1. The number of nitrogens with zero attached hydrogens (tertiary/aromatic N) is 1. The maximum Gasteiger partial charge on any atom is 0.411 e. The SMILES string of the molecule is COc1cc(-c2nc(-c3ccc(NCC(=O)C[P+](O)(O)O)cc3)c(C)o2)cc(OC)c1O. The van der Waals surface area contributed by atoms with Gasteiger partial charge < -0.3 is 24.3 Å². The van der Waals surface area contributed by atoms with Crippen molar-refractivity contribution >= 4 is 19.4 Å². The van der Waals surface area contributed by atoms with Gasteiger partial charge in [-0.2, -0.15) is 14.7 Å². The van der Waals surface area contributed by atoms with Crippen LogP contribution in [0.3, 0.4) is 0 Å². The van der Waals surface area contributed by atoms with Gasteiger partial charge in [-0.1, -0.05) is 12.1 Å². The van der Waals surface area contributed by atoms with Crippen LogP contribution in [0.2, 0.25) is 0 Å². The van der Waals surface area contributed by atoms with Crippen LogP contribution in [-0.4, -0.2) is 57.5 Å². The highest BCUT2D eigenvalue weighted by atomic mass is 31.2. The highest BCUT2D eigenvalue weighted by Crippen LogP contribution is 2.44. The molecule has 2 aromatic carbocycles. The number of methoxy groups -OCH3 is 2. The number of carbonyl (C=O) groups is 1. The van der Waals surface area contributed by atoms with Crippen LogP contribution in [0, 0.1) is 6.92 Å². The number of anilines is 1. The van der Waals surface area contributed by atoms with Gasteiger partial charge >= 0.3 is 7.94 Å². The Balaban J connectivity index is 1.79. The lowest BCUT2D eigenvalue weighted by Crippen LogP contribution is -2.19. The van der Waals surface area contributed by atoms with Crippen LogP contribution in [0.15, 0.2) is 40.8 Å². The minimum atomic E-state index is -4.12. The summed E-state index contributed by atoms with van der Waals surface area (Å²) < 4.78 is 16.2. The zero-order chi connectivity index (χ0) is 23.5. The summed E-state index contributed by atoms with van der Waals surface area (Å²) >= 11 is 0. The molecule has 0 aliphatic heterocycles. The number of ketones is 1. The number of hydrogen-bond acceptors (Lipinski definition) is 10. The minimum Gasteiger partial charge on any atom is -0.502 e. The van der Waals surface area contributed by atoms with E-state index in [-0.39, 0.29) is 23.8 Å². The monoisotopic (exact) mass is 463 g/mol. The van der Waals surface area contributed by atoms with Crippen LogP contribution in [0.1, 0.15) is 5.76 Å². The number of benzene rings is 2. The van der Waals surface area contributed by atoms with Crippen molar-refractivity contribution in [3.8, 4) is 40.0 Å². The maximum atomic E-state index is 11.6. The van der Waals surface area contributed by atoms with Crippen molar-refractivity contribution in [1.29, 1.82) is 0 Å². The molecule has 0 aliphatic rings. The Labute approximate surface area is 184 Å². The molecular formula is C21H24N2O8P+. The fourth-order valence-electron chi connectivity index (χ4n) is 3.04. The molecule has 5 N–H and O–H groups in total. The van der Waals surface area contributed by atoms with Gasteiger partial charge in [-0.3, -0.25) is 4.79 Å². The van der Waals surface area contributed by atoms with Crippen molar-refractivity contribution < 1.29 is 38.5 Å². The molecule has 3 aromatic rings. The molecule has 10 nitrogen and oxygen atoms in total. The molecule has 0 atom stereocenters. The van der Waals surface area contributed by atoms with Gasteiger partial charge in [0.1, 0.15) is 11.5 Å². The number of phenolic OH excluding ortho intramolecular Hbond substituents is 1. The molecule has 0 saturated carbocycles. The van der Waals surface area contributed by atoms with E-state index in [1.165, 1.54) is 14.2 Å². The zero-order valence-electron chi connectivity index (χ0n) is 17.7. The lowest BCUT2D eigenvalue weighted by atomic mass is 10.1. The van der Waals surface area contributed by atoms with Gasteiger partial charge in [0.2, 0.25) is 11.6 Å². The van der Waals surface area contributed by atoms with Gasteiger partial charge in [-0.25, -0.2) is 4.98 Å². The molecule has 0 saturated heterocycles. The molecule has 0 radical (unpaired) electrons. The minimum absolute atomic E-state index is 0.117. The first-order valence-electron chi connectivity index (χ1n) is 9.46. The topological polar surface area (TPSA) is 155 Å². The maximum absolute atomic E-state index is 11.6. The van der Waals surface area contributed by atoms with Gasteiger partial charge in [0.15, 0.2) is 23.4 Å². The third kappa shape index (κ3) is 5.54. The number of Topliss-reactive ketones (excluding diaryl/α,β-unsaturated/α-hetero) is 1. The number of carbonyl (C=O) groups excluding carboxylic acids is 1. The fourth-order valence-corrected chi connectivity index (χ4v) is 3.63. The van der Waals surface area contributed by atoms with Crippen molar-refractivity contribution in [2.75, 3.05) is 32.2 Å². The first-order chi connectivity index (χ1) is 15.1.